The monoisotopic (exact) mass is 439 g/mol. The van der Waals surface area contributed by atoms with Crippen molar-refractivity contribution >= 4 is 46.6 Å². The van der Waals surface area contributed by atoms with Crippen LogP contribution in [0.5, 0.6) is 5.75 Å². The Morgan fingerprint density at radius 3 is 2.66 bits per heavy atom. The summed E-state index contributed by atoms with van der Waals surface area (Å²) < 4.78 is 6.96. The summed E-state index contributed by atoms with van der Waals surface area (Å²) >= 11 is 1.57. The zero-order valence-corrected chi connectivity index (χ0v) is 19.8. The molecule has 2 heterocycles. The van der Waals surface area contributed by atoms with E-state index >= 15 is 0 Å². The van der Waals surface area contributed by atoms with Crippen LogP contribution in [0.25, 0.3) is 20.9 Å². The van der Waals surface area contributed by atoms with Crippen molar-refractivity contribution in [1.82, 2.24) is 15.3 Å². The number of aromatic amines is 1. The van der Waals surface area contributed by atoms with Gasteiger partial charge in [0.25, 0.3) is 5.91 Å². The smallest absolute Gasteiger partial charge is 0.268 e. The molecule has 1 fully saturated rings. The quantitative estimate of drug-likeness (QED) is 0.552. The molecule has 0 atom stereocenters. The van der Waals surface area contributed by atoms with E-state index < -0.39 is 0 Å². The summed E-state index contributed by atoms with van der Waals surface area (Å²) in [5.74, 6) is 0.778. The molecular weight excluding hydrogens is 414 g/mol. The molecule has 4 radical (unpaired) electrons. The summed E-state index contributed by atoms with van der Waals surface area (Å²) in [6, 6.07) is 10.0. The number of carbonyl (C=O) groups excluding carboxylic acids is 1. The number of rotatable bonds is 6. The molecule has 5 nitrogen and oxygen atoms in total. The fourth-order valence-corrected chi connectivity index (χ4v) is 7.59. The summed E-state index contributed by atoms with van der Waals surface area (Å²) in [5.41, 5.74) is 2.31. The molecular formula is C21H25N3O2SSi2. The Morgan fingerprint density at radius 2 is 2.00 bits per heavy atom. The number of thiazole rings is 1. The van der Waals surface area contributed by atoms with E-state index in [1.54, 1.807) is 18.4 Å². The molecule has 1 aromatic carbocycles. The molecule has 8 heteroatoms. The van der Waals surface area contributed by atoms with Crippen LogP contribution in [0, 0.1) is 0 Å². The van der Waals surface area contributed by atoms with Gasteiger partial charge in [-0.15, -0.1) is 11.3 Å². The predicted molar refractivity (Wildman–Crippen MR) is 122 cm³/mol. The second-order valence-corrected chi connectivity index (χ2v) is 11.9. The molecule has 0 bridgehead atoms. The molecule has 150 valence electrons. The van der Waals surface area contributed by atoms with Crippen LogP contribution < -0.4 is 10.1 Å². The van der Waals surface area contributed by atoms with Crippen LogP contribution in [-0.4, -0.2) is 48.1 Å². The van der Waals surface area contributed by atoms with E-state index in [-0.39, 0.29) is 11.9 Å². The van der Waals surface area contributed by atoms with E-state index in [4.69, 9.17) is 4.74 Å². The first-order chi connectivity index (χ1) is 14.1. The van der Waals surface area contributed by atoms with E-state index in [1.165, 1.54) is 12.8 Å². The standard InChI is InChI=1S/C21H25N3O2SSi2/c1-26-16-7-5-4-6-14(16)20-24-18-17(27-20)12-15(23-18)19(25)22-13-8-10-21(28-2,29-3)11-9-13/h4-7,12-13,23H,8-11H2,1-3H3,(H,22,25). The number of fused-ring (bicyclic) bond motifs is 1. The van der Waals surface area contributed by atoms with Gasteiger partial charge in [0.05, 0.1) is 17.4 Å². The summed E-state index contributed by atoms with van der Waals surface area (Å²) in [6.07, 6.45) is 4.62. The Hall–Kier alpha value is -1.91. The highest BCUT2D eigenvalue weighted by molar-refractivity contribution is 7.21. The second kappa shape index (κ2) is 8.45. The second-order valence-electron chi connectivity index (χ2n) is 7.45. The number of nitrogens with one attached hydrogen (secondary N) is 2. The molecule has 1 aliphatic carbocycles. The van der Waals surface area contributed by atoms with Gasteiger partial charge in [-0.05, 0) is 35.7 Å². The summed E-state index contributed by atoms with van der Waals surface area (Å²) in [4.78, 5) is 20.6. The van der Waals surface area contributed by atoms with Crippen molar-refractivity contribution < 1.29 is 9.53 Å². The minimum atomic E-state index is -0.0237. The van der Waals surface area contributed by atoms with Crippen molar-refractivity contribution in [1.29, 1.82) is 0 Å². The van der Waals surface area contributed by atoms with Gasteiger partial charge in [-0.1, -0.05) is 38.1 Å². The predicted octanol–water partition coefficient (Wildman–Crippen LogP) is 4.59. The molecule has 0 unspecified atom stereocenters. The largest absolute Gasteiger partial charge is 0.496 e. The Morgan fingerprint density at radius 1 is 1.28 bits per heavy atom. The number of benzene rings is 1. The van der Waals surface area contributed by atoms with E-state index in [0.717, 1.165) is 58.5 Å². The number of amides is 1. The normalized spacial score (nSPS) is 16.8. The van der Waals surface area contributed by atoms with Gasteiger partial charge >= 0.3 is 0 Å². The number of para-hydroxylation sites is 1. The summed E-state index contributed by atoms with van der Waals surface area (Å²) in [7, 11) is 3.66. The van der Waals surface area contributed by atoms with Gasteiger partial charge < -0.3 is 15.0 Å². The Bertz CT molecular complexity index is 971. The first-order valence-electron chi connectivity index (χ1n) is 9.89. The Balaban J connectivity index is 1.45. The molecule has 1 saturated carbocycles. The molecule has 0 spiro atoms. The average molecular weight is 440 g/mol. The van der Waals surface area contributed by atoms with Crippen LogP contribution in [-0.2, 0) is 0 Å². The highest BCUT2D eigenvalue weighted by atomic mass is 32.1. The van der Waals surface area contributed by atoms with Crippen molar-refractivity contribution in [2.24, 2.45) is 0 Å². The van der Waals surface area contributed by atoms with Gasteiger partial charge in [-0.2, -0.15) is 0 Å². The van der Waals surface area contributed by atoms with Crippen LogP contribution >= 0.6 is 11.3 Å². The summed E-state index contributed by atoms with van der Waals surface area (Å²) in [5, 5.41) is 4.12. The zero-order chi connectivity index (χ0) is 20.4. The molecule has 0 saturated heterocycles. The lowest BCUT2D eigenvalue weighted by atomic mass is 9.94. The van der Waals surface area contributed by atoms with E-state index in [9.17, 15) is 4.79 Å². The highest BCUT2D eigenvalue weighted by Crippen LogP contribution is 2.41. The number of carbonyl (C=O) groups is 1. The maximum absolute atomic E-state index is 12.8. The van der Waals surface area contributed by atoms with Crippen molar-refractivity contribution in [3.8, 4) is 16.3 Å². The third-order valence-electron chi connectivity index (χ3n) is 5.90. The van der Waals surface area contributed by atoms with Gasteiger partial charge in [0.15, 0.2) is 0 Å². The van der Waals surface area contributed by atoms with Crippen LogP contribution in [0.3, 0.4) is 0 Å². The maximum atomic E-state index is 12.8. The molecule has 4 rings (SSSR count). The van der Waals surface area contributed by atoms with Crippen molar-refractivity contribution in [2.45, 2.75) is 49.5 Å². The van der Waals surface area contributed by atoms with Crippen LogP contribution in [0.4, 0.5) is 0 Å². The minimum absolute atomic E-state index is 0.0237. The molecule has 3 aromatic rings. The Kier molecular flexibility index (Phi) is 5.94. The maximum Gasteiger partial charge on any atom is 0.268 e. The number of aromatic nitrogens is 2. The number of methoxy groups -OCH3 is 1. The third kappa shape index (κ3) is 4.06. The van der Waals surface area contributed by atoms with Gasteiger partial charge in [-0.25, -0.2) is 4.98 Å². The lowest BCUT2D eigenvalue weighted by molar-refractivity contribution is 0.0922. The average Bonchev–Trinajstić information content (AvgIpc) is 3.34. The molecule has 2 N–H and O–H groups in total. The van der Waals surface area contributed by atoms with Gasteiger partial charge in [0.2, 0.25) is 0 Å². The fourth-order valence-electron chi connectivity index (χ4n) is 4.02. The third-order valence-corrected chi connectivity index (χ3v) is 11.3. The fraction of sp³-hybridized carbons (Fsp3) is 0.429. The van der Waals surface area contributed by atoms with Crippen LogP contribution in [0.2, 0.25) is 17.8 Å². The molecule has 2 aromatic heterocycles. The van der Waals surface area contributed by atoms with E-state index in [2.05, 4.69) is 28.4 Å². The molecule has 1 aliphatic rings. The first-order valence-corrected chi connectivity index (χ1v) is 13.7. The van der Waals surface area contributed by atoms with Crippen LogP contribution in [0.1, 0.15) is 36.2 Å². The SMILES string of the molecule is COc1ccccc1-c1nc2[nH]c(C(=O)NC3CCC([Si]C)([Si]C)CC3)cc2s1. The number of hydrogen-bond donors (Lipinski definition) is 2. The lowest BCUT2D eigenvalue weighted by Gasteiger charge is -2.38. The van der Waals surface area contributed by atoms with Gasteiger partial charge in [0, 0.05) is 25.1 Å². The summed E-state index contributed by atoms with van der Waals surface area (Å²) in [6.45, 7) is 4.65. The van der Waals surface area contributed by atoms with E-state index in [0.29, 0.717) is 10.4 Å². The molecule has 29 heavy (non-hydrogen) atoms. The molecule has 0 aliphatic heterocycles. The minimum Gasteiger partial charge on any atom is -0.496 e. The highest BCUT2D eigenvalue weighted by Gasteiger charge is 2.33. The van der Waals surface area contributed by atoms with Crippen molar-refractivity contribution in [3.05, 3.63) is 36.0 Å². The van der Waals surface area contributed by atoms with E-state index in [1.807, 2.05) is 30.3 Å². The zero-order valence-electron chi connectivity index (χ0n) is 17.0. The molecule has 1 amide bonds. The first kappa shape index (κ1) is 20.4. The van der Waals surface area contributed by atoms with Crippen molar-refractivity contribution in [3.63, 3.8) is 0 Å². The number of hydrogen-bond acceptors (Lipinski definition) is 4. The number of ether oxygens (including phenoxy) is 1. The Labute approximate surface area is 180 Å². The lowest BCUT2D eigenvalue weighted by Crippen LogP contribution is -2.41. The van der Waals surface area contributed by atoms with Crippen molar-refractivity contribution in [2.75, 3.05) is 7.11 Å². The topological polar surface area (TPSA) is 67.0 Å². The van der Waals surface area contributed by atoms with Gasteiger partial charge in [0.1, 0.15) is 22.1 Å². The van der Waals surface area contributed by atoms with Crippen LogP contribution in [0.15, 0.2) is 30.3 Å². The number of nitrogens with zero attached hydrogens (tertiary/aromatic N) is 1. The van der Waals surface area contributed by atoms with Gasteiger partial charge in [-0.3, -0.25) is 4.79 Å². The number of H-pyrrole nitrogens is 1.